The lowest BCUT2D eigenvalue weighted by molar-refractivity contribution is -0.157. The summed E-state index contributed by atoms with van der Waals surface area (Å²) in [5.41, 5.74) is 4.33. The van der Waals surface area contributed by atoms with Crippen LogP contribution in [0.5, 0.6) is 11.5 Å². The zero-order chi connectivity index (χ0) is 38.4. The third kappa shape index (κ3) is 12.0. The Hall–Kier alpha value is -5.10. The number of likely N-dealkylation sites (N-methyl/N-ethyl adjacent to an activating group) is 1. The van der Waals surface area contributed by atoms with Crippen LogP contribution < -0.4 is 25.4 Å². The Labute approximate surface area is 312 Å². The average Bonchev–Trinajstić information content (AvgIpc) is 3.45. The van der Waals surface area contributed by atoms with Gasteiger partial charge in [0.15, 0.2) is 0 Å². The van der Waals surface area contributed by atoms with Crippen LogP contribution in [-0.4, -0.2) is 87.4 Å². The number of ether oxygens (including phenoxy) is 4. The van der Waals surface area contributed by atoms with Gasteiger partial charge in [-0.05, 0) is 82.0 Å². The first-order chi connectivity index (χ1) is 25.4. The normalized spacial score (nSPS) is 12.6. The standard InChI is InChI=1S/C41H54N4O8/c1-7-43-37(46)17-12-24-51-29-19-18-28(36(25-29)50-6)26-45(23-22-42-5)38(47)21-20-35(39(48)53-41(2,3)4)44-40(49)52-27-34-32-15-10-8-13-30(32)31-14-9-11-16-33(31)34/h8-11,13-16,18-19,25,34-35,42H,7,12,17,20-24,26-27H2,1-6H3,(H,43,46)(H,44,49). The van der Waals surface area contributed by atoms with Crippen molar-refractivity contribution in [3.63, 3.8) is 0 Å². The first kappa shape index (κ1) is 40.7. The van der Waals surface area contributed by atoms with E-state index in [2.05, 4.69) is 28.1 Å². The number of fused-ring (bicyclic) bond motifs is 3. The van der Waals surface area contributed by atoms with Crippen LogP contribution >= 0.6 is 0 Å². The summed E-state index contributed by atoms with van der Waals surface area (Å²) in [7, 11) is 3.36. The minimum Gasteiger partial charge on any atom is -0.496 e. The van der Waals surface area contributed by atoms with Crippen LogP contribution in [0.4, 0.5) is 4.79 Å². The second-order valence-corrected chi connectivity index (χ2v) is 13.9. The number of carbonyl (C=O) groups excluding carboxylic acids is 4. The third-order valence-corrected chi connectivity index (χ3v) is 8.77. The quantitative estimate of drug-likeness (QED) is 0.107. The van der Waals surface area contributed by atoms with Crippen LogP contribution in [0.25, 0.3) is 11.1 Å². The van der Waals surface area contributed by atoms with Crippen molar-refractivity contribution >= 4 is 23.9 Å². The minimum atomic E-state index is -1.11. The Morgan fingerprint density at radius 2 is 1.60 bits per heavy atom. The number of alkyl carbamates (subject to hydrolysis) is 1. The summed E-state index contributed by atoms with van der Waals surface area (Å²) in [6.07, 6.45) is 0.156. The predicted molar refractivity (Wildman–Crippen MR) is 203 cm³/mol. The summed E-state index contributed by atoms with van der Waals surface area (Å²) in [5, 5.41) is 8.54. The maximum Gasteiger partial charge on any atom is 0.407 e. The number of rotatable bonds is 19. The second-order valence-electron chi connectivity index (χ2n) is 13.9. The van der Waals surface area contributed by atoms with Crippen molar-refractivity contribution in [3.05, 3.63) is 83.4 Å². The van der Waals surface area contributed by atoms with E-state index in [1.165, 1.54) is 0 Å². The molecule has 0 heterocycles. The van der Waals surface area contributed by atoms with Crippen LogP contribution in [0.2, 0.25) is 0 Å². The van der Waals surface area contributed by atoms with Gasteiger partial charge in [0.1, 0.15) is 29.7 Å². The van der Waals surface area contributed by atoms with Gasteiger partial charge in [-0.25, -0.2) is 9.59 Å². The molecule has 1 aliphatic rings. The van der Waals surface area contributed by atoms with Crippen LogP contribution in [0.3, 0.4) is 0 Å². The van der Waals surface area contributed by atoms with E-state index in [-0.39, 0.29) is 43.7 Å². The van der Waals surface area contributed by atoms with Gasteiger partial charge >= 0.3 is 12.1 Å². The molecule has 1 atom stereocenters. The van der Waals surface area contributed by atoms with E-state index in [9.17, 15) is 19.2 Å². The Balaban J connectivity index is 1.40. The van der Waals surface area contributed by atoms with Crippen molar-refractivity contribution in [2.75, 3.05) is 47.0 Å². The highest BCUT2D eigenvalue weighted by atomic mass is 16.6. The molecule has 3 aromatic carbocycles. The molecule has 0 aromatic heterocycles. The van der Waals surface area contributed by atoms with Crippen LogP contribution in [-0.2, 0) is 30.4 Å². The van der Waals surface area contributed by atoms with E-state index in [0.717, 1.165) is 27.8 Å². The highest BCUT2D eigenvalue weighted by Crippen LogP contribution is 2.44. The fourth-order valence-corrected chi connectivity index (χ4v) is 6.23. The number of nitrogens with one attached hydrogen (secondary N) is 3. The SMILES string of the molecule is CCNC(=O)CCCOc1ccc(CN(CCNC)C(=O)CCC(NC(=O)OCC2c3ccccc3-c3ccccc32)C(=O)OC(C)(C)C)c(OC)c1. The summed E-state index contributed by atoms with van der Waals surface area (Å²) < 4.78 is 22.8. The maximum absolute atomic E-state index is 13.7. The third-order valence-electron chi connectivity index (χ3n) is 8.77. The number of esters is 1. The molecule has 3 amide bonds. The first-order valence-electron chi connectivity index (χ1n) is 18.3. The van der Waals surface area contributed by atoms with Crippen molar-refractivity contribution in [1.29, 1.82) is 0 Å². The molecule has 0 radical (unpaired) electrons. The van der Waals surface area contributed by atoms with Crippen molar-refractivity contribution in [1.82, 2.24) is 20.9 Å². The lowest BCUT2D eigenvalue weighted by atomic mass is 9.98. The molecule has 3 N–H and O–H groups in total. The zero-order valence-corrected chi connectivity index (χ0v) is 31.8. The van der Waals surface area contributed by atoms with Crippen molar-refractivity contribution in [2.24, 2.45) is 0 Å². The Kier molecular flexibility index (Phi) is 15.1. The van der Waals surface area contributed by atoms with E-state index in [1.54, 1.807) is 45.9 Å². The molecule has 0 saturated heterocycles. The van der Waals surface area contributed by atoms with E-state index >= 15 is 0 Å². The molecule has 53 heavy (non-hydrogen) atoms. The molecule has 0 fully saturated rings. The molecule has 0 bridgehead atoms. The van der Waals surface area contributed by atoms with Crippen molar-refractivity contribution < 1.29 is 38.1 Å². The molecule has 0 spiro atoms. The van der Waals surface area contributed by atoms with Crippen molar-refractivity contribution in [2.45, 2.75) is 77.5 Å². The summed E-state index contributed by atoms with van der Waals surface area (Å²) in [6.45, 7) is 9.34. The van der Waals surface area contributed by atoms with Gasteiger partial charge in [0, 0.05) is 56.6 Å². The van der Waals surface area contributed by atoms with Gasteiger partial charge in [-0.15, -0.1) is 0 Å². The van der Waals surface area contributed by atoms with E-state index in [4.69, 9.17) is 18.9 Å². The lowest BCUT2D eigenvalue weighted by Gasteiger charge is -2.27. The van der Waals surface area contributed by atoms with Crippen LogP contribution in [0.1, 0.15) is 76.0 Å². The lowest BCUT2D eigenvalue weighted by Crippen LogP contribution is -2.45. The van der Waals surface area contributed by atoms with Crippen LogP contribution in [0, 0.1) is 0 Å². The fourth-order valence-electron chi connectivity index (χ4n) is 6.23. The number of benzene rings is 3. The fraction of sp³-hybridized carbons (Fsp3) is 0.463. The molecule has 4 rings (SSSR count). The Morgan fingerprint density at radius 1 is 0.925 bits per heavy atom. The van der Waals surface area contributed by atoms with E-state index < -0.39 is 23.7 Å². The van der Waals surface area contributed by atoms with Gasteiger partial charge in [0.2, 0.25) is 11.8 Å². The van der Waals surface area contributed by atoms with Crippen molar-refractivity contribution in [3.8, 4) is 22.6 Å². The highest BCUT2D eigenvalue weighted by molar-refractivity contribution is 5.84. The molecule has 12 heteroatoms. The van der Waals surface area contributed by atoms with E-state index in [1.807, 2.05) is 55.5 Å². The Morgan fingerprint density at radius 3 is 2.23 bits per heavy atom. The number of carbonyl (C=O) groups is 4. The van der Waals surface area contributed by atoms with Gasteiger partial charge in [0.25, 0.3) is 0 Å². The molecular weight excluding hydrogens is 676 g/mol. The molecule has 1 aliphatic carbocycles. The molecule has 12 nitrogen and oxygen atoms in total. The minimum absolute atomic E-state index is 0.00812. The monoisotopic (exact) mass is 730 g/mol. The largest absolute Gasteiger partial charge is 0.496 e. The number of amides is 3. The van der Waals surface area contributed by atoms with Gasteiger partial charge in [-0.1, -0.05) is 48.5 Å². The highest BCUT2D eigenvalue weighted by Gasteiger charge is 2.32. The van der Waals surface area contributed by atoms with Gasteiger partial charge in [-0.2, -0.15) is 0 Å². The molecule has 0 aliphatic heterocycles. The number of hydrogen-bond acceptors (Lipinski definition) is 9. The predicted octanol–water partition coefficient (Wildman–Crippen LogP) is 5.57. The summed E-state index contributed by atoms with van der Waals surface area (Å²) in [5.74, 6) is 0.124. The average molecular weight is 731 g/mol. The molecular formula is C41H54N4O8. The topological polar surface area (TPSA) is 145 Å². The smallest absolute Gasteiger partial charge is 0.407 e. The Bertz CT molecular complexity index is 1660. The maximum atomic E-state index is 13.7. The molecule has 1 unspecified atom stereocenters. The van der Waals surface area contributed by atoms with E-state index in [0.29, 0.717) is 50.6 Å². The molecule has 0 saturated carbocycles. The summed E-state index contributed by atoms with van der Waals surface area (Å²) in [4.78, 5) is 53.7. The number of hydrogen-bond donors (Lipinski definition) is 3. The van der Waals surface area contributed by atoms with Gasteiger partial charge in [-0.3, -0.25) is 9.59 Å². The summed E-state index contributed by atoms with van der Waals surface area (Å²) >= 11 is 0. The molecule has 3 aromatic rings. The molecule has 286 valence electrons. The first-order valence-corrected chi connectivity index (χ1v) is 18.3. The van der Waals surface area contributed by atoms with Crippen LogP contribution in [0.15, 0.2) is 66.7 Å². The van der Waals surface area contributed by atoms with Gasteiger partial charge in [0.05, 0.1) is 13.7 Å². The number of nitrogens with zero attached hydrogens (tertiary/aromatic N) is 1. The summed E-state index contributed by atoms with van der Waals surface area (Å²) in [6, 6.07) is 20.4. The van der Waals surface area contributed by atoms with Gasteiger partial charge < -0.3 is 39.8 Å². The number of methoxy groups -OCH3 is 1. The second kappa shape index (κ2) is 19.7. The zero-order valence-electron chi connectivity index (χ0n) is 31.8.